The SMILES string of the molecule is Fc1c(-c2ccccc2)nc2c(c1-c1ccccc1)Cc1ccccc1-2. The Bertz CT molecular complexity index is 1100. The number of pyridine rings is 1. The smallest absolute Gasteiger partial charge is 0.157 e. The molecular weight excluding hydrogens is 321 g/mol. The van der Waals surface area contributed by atoms with Crippen molar-refractivity contribution in [3.8, 4) is 33.6 Å². The highest BCUT2D eigenvalue weighted by molar-refractivity contribution is 5.86. The summed E-state index contributed by atoms with van der Waals surface area (Å²) in [6, 6.07) is 27.6. The molecule has 0 spiro atoms. The van der Waals surface area contributed by atoms with Crippen LogP contribution in [0.4, 0.5) is 4.39 Å². The van der Waals surface area contributed by atoms with Crippen molar-refractivity contribution in [3.05, 3.63) is 102 Å². The molecule has 26 heavy (non-hydrogen) atoms. The van der Waals surface area contributed by atoms with E-state index < -0.39 is 0 Å². The number of benzene rings is 3. The summed E-state index contributed by atoms with van der Waals surface area (Å²) in [4.78, 5) is 4.78. The molecule has 1 aliphatic rings. The summed E-state index contributed by atoms with van der Waals surface area (Å²) in [5.74, 6) is -0.242. The first kappa shape index (κ1) is 15.0. The Hall–Kier alpha value is -3.26. The van der Waals surface area contributed by atoms with E-state index >= 15 is 4.39 Å². The number of rotatable bonds is 2. The van der Waals surface area contributed by atoms with Gasteiger partial charge in [0.1, 0.15) is 5.69 Å². The minimum atomic E-state index is -0.242. The fourth-order valence-corrected chi connectivity index (χ4v) is 3.78. The largest absolute Gasteiger partial charge is 0.244 e. The second-order valence-electron chi connectivity index (χ2n) is 6.54. The van der Waals surface area contributed by atoms with E-state index in [1.54, 1.807) is 0 Å². The number of hydrogen-bond acceptors (Lipinski definition) is 1. The van der Waals surface area contributed by atoms with Gasteiger partial charge in [-0.3, -0.25) is 0 Å². The molecule has 3 aromatic carbocycles. The standard InChI is InChI=1S/C24H16FN/c25-22-21(16-9-3-1-4-10-16)20-15-18-13-7-8-14-19(18)24(20)26-23(22)17-11-5-2-6-12-17/h1-14H,15H2. The molecule has 1 aliphatic carbocycles. The third-order valence-corrected chi connectivity index (χ3v) is 4.99. The molecule has 2 heteroatoms. The second-order valence-corrected chi connectivity index (χ2v) is 6.54. The van der Waals surface area contributed by atoms with Gasteiger partial charge in [0.2, 0.25) is 0 Å². The zero-order valence-electron chi connectivity index (χ0n) is 14.1. The molecule has 124 valence electrons. The van der Waals surface area contributed by atoms with E-state index in [2.05, 4.69) is 12.1 Å². The first-order chi connectivity index (χ1) is 12.8. The Labute approximate surface area is 151 Å². The van der Waals surface area contributed by atoms with Crippen LogP contribution in [-0.2, 0) is 6.42 Å². The van der Waals surface area contributed by atoms with Crippen molar-refractivity contribution in [2.75, 3.05) is 0 Å². The van der Waals surface area contributed by atoms with Gasteiger partial charge in [-0.2, -0.15) is 0 Å². The fourth-order valence-electron chi connectivity index (χ4n) is 3.78. The Morgan fingerprint density at radius 1 is 0.654 bits per heavy atom. The maximum absolute atomic E-state index is 15.7. The van der Waals surface area contributed by atoms with E-state index in [4.69, 9.17) is 4.98 Å². The van der Waals surface area contributed by atoms with Crippen LogP contribution in [0.5, 0.6) is 0 Å². The minimum absolute atomic E-state index is 0.242. The molecule has 0 fully saturated rings. The van der Waals surface area contributed by atoms with Gasteiger partial charge in [-0.25, -0.2) is 9.37 Å². The van der Waals surface area contributed by atoms with Gasteiger partial charge in [-0.05, 0) is 16.7 Å². The summed E-state index contributed by atoms with van der Waals surface area (Å²) in [6.45, 7) is 0. The quantitative estimate of drug-likeness (QED) is 0.378. The lowest BCUT2D eigenvalue weighted by molar-refractivity contribution is 0.628. The average molecular weight is 337 g/mol. The molecule has 5 rings (SSSR count). The summed E-state index contributed by atoms with van der Waals surface area (Å²) < 4.78 is 15.7. The first-order valence-electron chi connectivity index (χ1n) is 8.74. The molecule has 1 heterocycles. The molecule has 0 amide bonds. The second kappa shape index (κ2) is 5.92. The van der Waals surface area contributed by atoms with Gasteiger partial charge in [-0.15, -0.1) is 0 Å². The minimum Gasteiger partial charge on any atom is -0.244 e. The van der Waals surface area contributed by atoms with Crippen LogP contribution in [0.2, 0.25) is 0 Å². The molecule has 0 atom stereocenters. The molecule has 0 bridgehead atoms. The molecule has 0 aliphatic heterocycles. The van der Waals surface area contributed by atoms with Gasteiger partial charge < -0.3 is 0 Å². The molecule has 0 saturated heterocycles. The van der Waals surface area contributed by atoms with Crippen LogP contribution >= 0.6 is 0 Å². The summed E-state index contributed by atoms with van der Waals surface area (Å²) >= 11 is 0. The van der Waals surface area contributed by atoms with E-state index in [-0.39, 0.29) is 5.82 Å². The molecule has 4 aromatic rings. The fraction of sp³-hybridized carbons (Fsp3) is 0.0417. The van der Waals surface area contributed by atoms with Crippen LogP contribution in [-0.4, -0.2) is 4.98 Å². The molecule has 0 saturated carbocycles. The van der Waals surface area contributed by atoms with Crippen molar-refractivity contribution in [1.82, 2.24) is 4.98 Å². The van der Waals surface area contributed by atoms with Crippen molar-refractivity contribution < 1.29 is 4.39 Å². The Balaban J connectivity index is 1.85. The summed E-state index contributed by atoms with van der Waals surface area (Å²) in [7, 11) is 0. The van der Waals surface area contributed by atoms with Gasteiger partial charge in [-0.1, -0.05) is 84.9 Å². The van der Waals surface area contributed by atoms with Crippen LogP contribution in [0.25, 0.3) is 33.6 Å². The summed E-state index contributed by atoms with van der Waals surface area (Å²) in [6.07, 6.45) is 0.717. The zero-order chi connectivity index (χ0) is 17.5. The van der Waals surface area contributed by atoms with Gasteiger partial charge in [0.25, 0.3) is 0 Å². The summed E-state index contributed by atoms with van der Waals surface area (Å²) in [5.41, 5.74) is 6.98. The van der Waals surface area contributed by atoms with E-state index in [9.17, 15) is 0 Å². The van der Waals surface area contributed by atoms with Crippen LogP contribution in [0.1, 0.15) is 11.1 Å². The van der Waals surface area contributed by atoms with Crippen molar-refractivity contribution in [1.29, 1.82) is 0 Å². The monoisotopic (exact) mass is 337 g/mol. The molecule has 1 aromatic heterocycles. The first-order valence-corrected chi connectivity index (χ1v) is 8.74. The predicted octanol–water partition coefficient (Wildman–Crippen LogP) is 6.13. The maximum atomic E-state index is 15.7. The van der Waals surface area contributed by atoms with E-state index in [1.165, 1.54) is 5.56 Å². The van der Waals surface area contributed by atoms with Gasteiger partial charge in [0, 0.05) is 23.1 Å². The highest BCUT2D eigenvalue weighted by Crippen LogP contribution is 2.43. The number of fused-ring (bicyclic) bond motifs is 3. The lowest BCUT2D eigenvalue weighted by atomic mass is 9.95. The number of aromatic nitrogens is 1. The molecule has 0 unspecified atom stereocenters. The van der Waals surface area contributed by atoms with Crippen LogP contribution < -0.4 is 0 Å². The van der Waals surface area contributed by atoms with Crippen molar-refractivity contribution in [2.24, 2.45) is 0 Å². The van der Waals surface area contributed by atoms with Crippen LogP contribution in [0.3, 0.4) is 0 Å². The Morgan fingerprint density at radius 3 is 2.00 bits per heavy atom. The average Bonchev–Trinajstić information content (AvgIpc) is 3.07. The highest BCUT2D eigenvalue weighted by Gasteiger charge is 2.28. The topological polar surface area (TPSA) is 12.9 Å². The Morgan fingerprint density at radius 2 is 1.27 bits per heavy atom. The number of halogens is 1. The van der Waals surface area contributed by atoms with E-state index in [0.717, 1.165) is 27.9 Å². The lowest BCUT2D eigenvalue weighted by Gasteiger charge is -2.14. The molecule has 0 N–H and O–H groups in total. The predicted molar refractivity (Wildman–Crippen MR) is 103 cm³/mol. The molecule has 1 nitrogen and oxygen atoms in total. The maximum Gasteiger partial charge on any atom is 0.157 e. The highest BCUT2D eigenvalue weighted by atomic mass is 19.1. The van der Waals surface area contributed by atoms with Crippen LogP contribution in [0, 0.1) is 5.82 Å². The Kier molecular flexibility index (Phi) is 3.42. The third-order valence-electron chi connectivity index (χ3n) is 4.99. The lowest BCUT2D eigenvalue weighted by Crippen LogP contribution is -2.00. The normalized spacial score (nSPS) is 11.9. The number of hydrogen-bond donors (Lipinski definition) is 0. The molecular formula is C24H16FN. The molecule has 0 radical (unpaired) electrons. The van der Waals surface area contributed by atoms with Gasteiger partial charge in [0.05, 0.1) is 5.69 Å². The van der Waals surface area contributed by atoms with E-state index in [1.807, 2.05) is 72.8 Å². The summed E-state index contributed by atoms with van der Waals surface area (Å²) in [5, 5.41) is 0. The number of nitrogens with zero attached hydrogens (tertiary/aromatic N) is 1. The third kappa shape index (κ3) is 2.26. The van der Waals surface area contributed by atoms with Crippen molar-refractivity contribution >= 4 is 0 Å². The van der Waals surface area contributed by atoms with Crippen molar-refractivity contribution in [2.45, 2.75) is 6.42 Å². The zero-order valence-corrected chi connectivity index (χ0v) is 14.1. The van der Waals surface area contributed by atoms with E-state index in [0.29, 0.717) is 17.7 Å². The van der Waals surface area contributed by atoms with Gasteiger partial charge in [0.15, 0.2) is 5.82 Å². The van der Waals surface area contributed by atoms with Crippen molar-refractivity contribution in [3.63, 3.8) is 0 Å². The van der Waals surface area contributed by atoms with Gasteiger partial charge >= 0.3 is 0 Å². The van der Waals surface area contributed by atoms with Crippen LogP contribution in [0.15, 0.2) is 84.9 Å².